The number of carbonyl (C=O) groups excluding carboxylic acids is 1. The smallest absolute Gasteiger partial charge is 0.355 e. The van der Waals surface area contributed by atoms with Crippen LogP contribution < -0.4 is 30.7 Å². The number of aliphatic carboxylic acids is 1. The molecule has 1 fully saturated rings. The van der Waals surface area contributed by atoms with E-state index in [1.165, 1.54) is 40.9 Å². The molecule has 0 radical (unpaired) electrons. The summed E-state index contributed by atoms with van der Waals surface area (Å²) in [7, 11) is 5.56. The van der Waals surface area contributed by atoms with Gasteiger partial charge in [-0.05, 0) is 85.8 Å². The van der Waals surface area contributed by atoms with Gasteiger partial charge >= 0.3 is 11.9 Å². The highest BCUT2D eigenvalue weighted by atomic mass is 32.1. The minimum Gasteiger partial charge on any atom is -0.491 e. The summed E-state index contributed by atoms with van der Waals surface area (Å²) in [6.45, 7) is 2.76. The second-order valence-electron chi connectivity index (χ2n) is 16.9. The molecule has 1 amide bonds. The molecule has 7 rings (SSSR count). The number of nitrogens with two attached hydrogens (primary N) is 1. The molecule has 9 N–H and O–H groups in total. The number of anilines is 5. The second-order valence-corrected chi connectivity index (χ2v) is 19.0. The molecular formula is C47H51FN9O11S2+. The molecule has 0 bridgehead atoms. The van der Waals surface area contributed by atoms with Gasteiger partial charge in [0.15, 0.2) is 45.3 Å². The Bertz CT molecular complexity index is 2910. The lowest BCUT2D eigenvalue weighted by atomic mass is 9.99. The first kappa shape index (κ1) is 51.0. The van der Waals surface area contributed by atoms with Crippen molar-refractivity contribution in [2.75, 3.05) is 56.4 Å². The van der Waals surface area contributed by atoms with E-state index in [0.717, 1.165) is 21.3 Å². The molecule has 20 nitrogen and oxygen atoms in total. The van der Waals surface area contributed by atoms with Crippen molar-refractivity contribution in [2.24, 2.45) is 5.73 Å². The van der Waals surface area contributed by atoms with E-state index in [4.69, 9.17) is 19.9 Å². The molecule has 3 aromatic heterocycles. The largest absolute Gasteiger partial charge is 0.491 e. The molecule has 5 atom stereocenters. The molecule has 23 heteroatoms. The van der Waals surface area contributed by atoms with Gasteiger partial charge in [-0.1, -0.05) is 29.4 Å². The van der Waals surface area contributed by atoms with Gasteiger partial charge in [0.2, 0.25) is 12.2 Å². The fourth-order valence-corrected chi connectivity index (χ4v) is 9.14. The molecule has 0 aliphatic carbocycles. The van der Waals surface area contributed by atoms with E-state index in [2.05, 4.69) is 42.6 Å². The molecule has 0 saturated carbocycles. The van der Waals surface area contributed by atoms with Gasteiger partial charge in [-0.2, -0.15) is 0 Å². The number of carboxylic acids is 2. The SMILES string of the molecule is Cc1cc(N(C)c2nc(C(=O)O)c(CCCOc3ccc(C#CC[N+](C)(C)Cc4ccc(O[C@@H]5O[C@H](C(=O)O)[C@@H](O)[C@H](O)[C@H]5O)c(NC(=O)CCN)c4)cc3F)s2)nnc1Nc1nc2ccccc2s1. The predicted octanol–water partition coefficient (Wildman–Crippen LogP) is 4.40. The molecule has 6 aromatic rings. The lowest BCUT2D eigenvalue weighted by molar-refractivity contribution is -0.896. The number of thiazole rings is 2. The molecule has 4 heterocycles. The third kappa shape index (κ3) is 12.5. The molecule has 3 aromatic carbocycles. The van der Waals surface area contributed by atoms with E-state index in [-0.39, 0.29) is 42.5 Å². The van der Waals surface area contributed by atoms with Gasteiger partial charge in [-0.15, -0.1) is 21.5 Å². The maximum atomic E-state index is 15.2. The van der Waals surface area contributed by atoms with Crippen LogP contribution in [0.25, 0.3) is 10.2 Å². The van der Waals surface area contributed by atoms with Gasteiger partial charge in [-0.3, -0.25) is 4.79 Å². The van der Waals surface area contributed by atoms with Crippen molar-refractivity contribution in [3.63, 3.8) is 0 Å². The fourth-order valence-electron chi connectivity index (χ4n) is 7.21. The highest BCUT2D eigenvalue weighted by Gasteiger charge is 2.48. The van der Waals surface area contributed by atoms with E-state index in [0.29, 0.717) is 62.8 Å². The summed E-state index contributed by atoms with van der Waals surface area (Å²) in [5, 5.41) is 65.9. The Labute approximate surface area is 408 Å². The maximum absolute atomic E-state index is 15.2. The van der Waals surface area contributed by atoms with Crippen molar-refractivity contribution in [2.45, 2.75) is 63.4 Å². The number of aliphatic hydroxyl groups is 3. The molecule has 368 valence electrons. The van der Waals surface area contributed by atoms with E-state index in [9.17, 15) is 39.9 Å². The van der Waals surface area contributed by atoms with Crippen LogP contribution in [0.3, 0.4) is 0 Å². The number of nitrogens with zero attached hydrogens (tertiary/aromatic N) is 6. The molecule has 1 aliphatic rings. The Balaban J connectivity index is 0.924. The Kier molecular flexibility index (Phi) is 16.2. The number of hydrogen-bond donors (Lipinski definition) is 8. The van der Waals surface area contributed by atoms with Crippen molar-refractivity contribution in [3.05, 3.63) is 99.8 Å². The Hall–Kier alpha value is -6.88. The van der Waals surface area contributed by atoms with Gasteiger partial charge in [-0.25, -0.2) is 23.9 Å². The van der Waals surface area contributed by atoms with E-state index in [1.54, 1.807) is 30.1 Å². The number of halogens is 1. The average molecular weight is 1000 g/mol. The number of ether oxygens (including phenoxy) is 3. The minimum atomic E-state index is -1.91. The average Bonchev–Trinajstić information content (AvgIpc) is 3.94. The van der Waals surface area contributed by atoms with Gasteiger partial charge in [0.05, 0.1) is 36.6 Å². The number of nitrogens with one attached hydrogen (secondary N) is 2. The van der Waals surface area contributed by atoms with Crippen LogP contribution in [0.15, 0.2) is 66.7 Å². The summed E-state index contributed by atoms with van der Waals surface area (Å²) in [6.07, 6.45) is -8.53. The highest BCUT2D eigenvalue weighted by Crippen LogP contribution is 2.35. The zero-order chi connectivity index (χ0) is 50.3. The van der Waals surface area contributed by atoms with Crippen molar-refractivity contribution < 1.29 is 63.0 Å². The number of quaternary nitrogens is 1. The third-order valence-corrected chi connectivity index (χ3v) is 13.0. The summed E-state index contributed by atoms with van der Waals surface area (Å²) in [4.78, 5) is 47.5. The normalized spacial score (nSPS) is 17.9. The van der Waals surface area contributed by atoms with E-state index >= 15 is 4.39 Å². The molecule has 0 spiro atoms. The predicted molar refractivity (Wildman–Crippen MR) is 258 cm³/mol. The van der Waals surface area contributed by atoms with Crippen molar-refractivity contribution in [1.29, 1.82) is 0 Å². The summed E-state index contributed by atoms with van der Waals surface area (Å²) in [5.41, 5.74) is 8.45. The first-order chi connectivity index (χ1) is 33.4. The van der Waals surface area contributed by atoms with Crippen LogP contribution in [-0.4, -0.2) is 140 Å². The van der Waals surface area contributed by atoms with Crippen LogP contribution >= 0.6 is 22.7 Å². The van der Waals surface area contributed by atoms with Crippen molar-refractivity contribution in [1.82, 2.24) is 20.2 Å². The molecule has 0 unspecified atom stereocenters. The number of aryl methyl sites for hydroxylation is 2. The number of aromatic nitrogens is 4. The molecular weight excluding hydrogens is 950 g/mol. The number of fused-ring (bicyclic) bond motifs is 1. The minimum absolute atomic E-state index is 0.00417. The number of para-hydroxylation sites is 1. The number of amides is 1. The van der Waals surface area contributed by atoms with Crippen LogP contribution in [0, 0.1) is 24.6 Å². The number of benzene rings is 3. The molecule has 1 saturated heterocycles. The Morgan fingerprint density at radius 1 is 0.971 bits per heavy atom. The highest BCUT2D eigenvalue weighted by molar-refractivity contribution is 7.22. The topological polar surface area (TPSA) is 285 Å². The fraction of sp³-hybridized carbons (Fsp3) is 0.340. The summed E-state index contributed by atoms with van der Waals surface area (Å²) >= 11 is 2.71. The van der Waals surface area contributed by atoms with Crippen LogP contribution in [-0.2, 0) is 27.3 Å². The van der Waals surface area contributed by atoms with Crippen molar-refractivity contribution >= 4 is 78.3 Å². The maximum Gasteiger partial charge on any atom is 0.355 e. The van der Waals surface area contributed by atoms with Gasteiger partial charge < -0.3 is 65.5 Å². The molecule has 70 heavy (non-hydrogen) atoms. The van der Waals surface area contributed by atoms with Gasteiger partial charge in [0.1, 0.15) is 37.2 Å². The quantitative estimate of drug-likeness (QED) is 0.0317. The number of aliphatic hydroxyl groups excluding tert-OH is 3. The van der Waals surface area contributed by atoms with Crippen LogP contribution in [0.5, 0.6) is 11.5 Å². The number of hydrogen-bond acceptors (Lipinski definition) is 18. The Morgan fingerprint density at radius 2 is 1.74 bits per heavy atom. The lowest BCUT2D eigenvalue weighted by Crippen LogP contribution is -2.61. The second kappa shape index (κ2) is 22.3. The third-order valence-electron chi connectivity index (χ3n) is 10.8. The Morgan fingerprint density at radius 3 is 2.46 bits per heavy atom. The van der Waals surface area contributed by atoms with Crippen LogP contribution in [0.2, 0.25) is 0 Å². The molecule has 1 aliphatic heterocycles. The first-order valence-corrected chi connectivity index (χ1v) is 23.4. The summed E-state index contributed by atoms with van der Waals surface area (Å²) in [6, 6.07) is 18.8. The number of carbonyl (C=O) groups is 3. The summed E-state index contributed by atoms with van der Waals surface area (Å²) < 4.78 is 33.3. The number of carboxylic acid groups (broad SMARTS) is 2. The summed E-state index contributed by atoms with van der Waals surface area (Å²) in [5.74, 6) is 3.28. The van der Waals surface area contributed by atoms with Gasteiger partial charge in [0.25, 0.3) is 0 Å². The lowest BCUT2D eigenvalue weighted by Gasteiger charge is -2.38. The monoisotopic (exact) mass is 1000 g/mol. The van der Waals surface area contributed by atoms with Crippen molar-refractivity contribution in [3.8, 4) is 23.3 Å². The zero-order valence-electron chi connectivity index (χ0n) is 38.3. The van der Waals surface area contributed by atoms with Crippen LogP contribution in [0.4, 0.5) is 32.0 Å². The van der Waals surface area contributed by atoms with Crippen LogP contribution in [0.1, 0.15) is 44.9 Å². The standard InChI is InChI=1S/C47H50FN9O11S2/c1-25-21-35(54-55-42(25)53-46-51-29-10-5-6-11-33(29)69-46)56(2)47-52-37(43(62)63)34(70-47)12-8-20-66-31-15-13-26(22-28(31)48)9-7-19-57(3,4)24-27-14-16-32(30(23-27)50-36(58)17-18-49)67-45-40(61)38(59)39(60)41(68-45)44(64)65/h5-6,10-11,13-16,21-23,38-41,45,59-61H,8,12,17-20,24,49H2,1-4H3,(H3-,50,51,53,55,58,62,63,64,65)/p+1/t38-,39-,40+,41-,45+/m0/s1. The zero-order valence-corrected chi connectivity index (χ0v) is 40.0. The van der Waals surface area contributed by atoms with E-state index in [1.807, 2.05) is 51.4 Å². The number of aromatic carboxylic acids is 1. The van der Waals surface area contributed by atoms with E-state index < -0.39 is 54.4 Å². The van der Waals surface area contributed by atoms with Gasteiger partial charge in [0, 0.05) is 36.0 Å². The first-order valence-electron chi connectivity index (χ1n) is 21.8. The number of rotatable bonds is 19.